The number of rotatable bonds is 12. The summed E-state index contributed by atoms with van der Waals surface area (Å²) in [5.74, 6) is 0.809. The van der Waals surface area contributed by atoms with Crippen LogP contribution in [-0.4, -0.2) is 74.2 Å². The molecule has 0 aliphatic carbocycles. The number of nitrogens with one attached hydrogen (secondary N) is 1. The highest BCUT2D eigenvalue weighted by Crippen LogP contribution is 2.28. The van der Waals surface area contributed by atoms with Crippen LogP contribution in [0.4, 0.5) is 0 Å². The molecule has 0 aromatic heterocycles. The van der Waals surface area contributed by atoms with Gasteiger partial charge in [0.25, 0.3) is 5.91 Å². The second kappa shape index (κ2) is 12.0. The van der Waals surface area contributed by atoms with Crippen LogP contribution in [0, 0.1) is 11.8 Å². The van der Waals surface area contributed by atoms with Crippen LogP contribution in [0.2, 0.25) is 0 Å². The zero-order valence-corrected chi connectivity index (χ0v) is 17.0. The van der Waals surface area contributed by atoms with Gasteiger partial charge in [0, 0.05) is 32.5 Å². The first-order valence-corrected chi connectivity index (χ1v) is 10.3. The first-order valence-electron chi connectivity index (χ1n) is 10.3. The number of likely N-dealkylation sites (tertiary alicyclic amines) is 1. The number of nitrogens with zero attached hydrogens (tertiary/aromatic N) is 1. The Kier molecular flexibility index (Phi) is 9.73. The lowest BCUT2D eigenvalue weighted by Crippen LogP contribution is -2.36. The van der Waals surface area contributed by atoms with Gasteiger partial charge in [-0.15, -0.1) is 0 Å². The summed E-state index contributed by atoms with van der Waals surface area (Å²) < 4.78 is 16.6. The largest absolute Gasteiger partial charge is 0.459 e. The van der Waals surface area contributed by atoms with Crippen LogP contribution in [0.5, 0.6) is 0 Å². The van der Waals surface area contributed by atoms with Crippen molar-refractivity contribution in [2.75, 3.05) is 46.1 Å². The summed E-state index contributed by atoms with van der Waals surface area (Å²) in [6, 6.07) is 0. The zero-order chi connectivity index (χ0) is 20.4. The highest BCUT2D eigenvalue weighted by Gasteiger charge is 2.29. The second-order valence-corrected chi connectivity index (χ2v) is 7.52. The Bertz CT molecular complexity index is 537. The monoisotopic (exact) mass is 398 g/mol. The van der Waals surface area contributed by atoms with Crippen molar-refractivity contribution in [3.8, 4) is 0 Å². The first kappa shape index (κ1) is 22.6. The fraction of sp³-hybridized carbons (Fsp3) is 0.800. The maximum atomic E-state index is 12.5. The first-order chi connectivity index (χ1) is 13.5. The van der Waals surface area contributed by atoms with Gasteiger partial charge in [0.05, 0.1) is 26.4 Å². The van der Waals surface area contributed by atoms with Crippen molar-refractivity contribution in [3.05, 3.63) is 11.8 Å². The smallest absolute Gasteiger partial charge is 0.286 e. The van der Waals surface area contributed by atoms with E-state index in [1.807, 2.05) is 11.0 Å². The SMILES string of the molecule is CC(C)[C@H]1C=C(C(=O)NCCCN2CCCC2=O)O[C@@H](OCCOCCO)C1. The van der Waals surface area contributed by atoms with E-state index in [2.05, 4.69) is 19.2 Å². The van der Waals surface area contributed by atoms with Gasteiger partial charge in [-0.05, 0) is 30.8 Å². The molecule has 0 radical (unpaired) electrons. The van der Waals surface area contributed by atoms with E-state index in [1.165, 1.54) is 0 Å². The van der Waals surface area contributed by atoms with Gasteiger partial charge in [0.15, 0.2) is 5.76 Å². The molecule has 8 nitrogen and oxygen atoms in total. The van der Waals surface area contributed by atoms with Crippen molar-refractivity contribution < 1.29 is 28.9 Å². The molecule has 0 spiro atoms. The van der Waals surface area contributed by atoms with Crippen molar-refractivity contribution in [1.82, 2.24) is 10.2 Å². The lowest BCUT2D eigenvalue weighted by atomic mass is 9.90. The van der Waals surface area contributed by atoms with Crippen LogP contribution in [0.15, 0.2) is 11.8 Å². The number of aliphatic hydroxyl groups excluding tert-OH is 1. The average molecular weight is 399 g/mol. The van der Waals surface area contributed by atoms with E-state index in [1.54, 1.807) is 0 Å². The Morgan fingerprint density at radius 2 is 2.21 bits per heavy atom. The van der Waals surface area contributed by atoms with E-state index in [0.717, 1.165) is 19.4 Å². The molecule has 0 unspecified atom stereocenters. The number of carbonyl (C=O) groups is 2. The van der Waals surface area contributed by atoms with Crippen LogP contribution in [0.1, 0.15) is 39.5 Å². The summed E-state index contributed by atoms with van der Waals surface area (Å²) >= 11 is 0. The Hall–Kier alpha value is -1.64. The Morgan fingerprint density at radius 3 is 2.89 bits per heavy atom. The van der Waals surface area contributed by atoms with Gasteiger partial charge in [-0.1, -0.05) is 13.8 Å². The number of hydrogen-bond acceptors (Lipinski definition) is 6. The van der Waals surface area contributed by atoms with Crippen molar-refractivity contribution in [2.24, 2.45) is 11.8 Å². The van der Waals surface area contributed by atoms with Crippen LogP contribution in [-0.2, 0) is 23.8 Å². The summed E-state index contributed by atoms with van der Waals surface area (Å²) in [6.07, 6.45) is 4.36. The van der Waals surface area contributed by atoms with Gasteiger partial charge in [-0.2, -0.15) is 0 Å². The highest BCUT2D eigenvalue weighted by molar-refractivity contribution is 5.91. The van der Waals surface area contributed by atoms with Crippen LogP contribution in [0.3, 0.4) is 0 Å². The molecule has 0 aromatic carbocycles. The molecule has 2 rings (SSSR count). The number of ether oxygens (including phenoxy) is 3. The molecular formula is C20H34N2O6. The minimum Gasteiger partial charge on any atom is -0.459 e. The maximum absolute atomic E-state index is 12.5. The Balaban J connectivity index is 1.76. The summed E-state index contributed by atoms with van der Waals surface area (Å²) in [4.78, 5) is 25.9. The molecule has 1 fully saturated rings. The Labute approximate surface area is 167 Å². The molecule has 2 amide bonds. The van der Waals surface area contributed by atoms with Crippen LogP contribution in [0.25, 0.3) is 0 Å². The highest BCUT2D eigenvalue weighted by atomic mass is 16.7. The van der Waals surface area contributed by atoms with Gasteiger partial charge < -0.3 is 29.5 Å². The topological polar surface area (TPSA) is 97.3 Å². The third-order valence-electron chi connectivity index (χ3n) is 5.00. The van der Waals surface area contributed by atoms with Crippen molar-refractivity contribution in [2.45, 2.75) is 45.8 Å². The predicted octanol–water partition coefficient (Wildman–Crippen LogP) is 1.04. The van der Waals surface area contributed by atoms with E-state index >= 15 is 0 Å². The van der Waals surface area contributed by atoms with Crippen LogP contribution >= 0.6 is 0 Å². The van der Waals surface area contributed by atoms with Crippen LogP contribution < -0.4 is 5.32 Å². The molecule has 2 atom stereocenters. The van der Waals surface area contributed by atoms with E-state index in [9.17, 15) is 9.59 Å². The van der Waals surface area contributed by atoms with E-state index in [-0.39, 0.29) is 30.9 Å². The van der Waals surface area contributed by atoms with Gasteiger partial charge in [-0.3, -0.25) is 9.59 Å². The van der Waals surface area contributed by atoms with Crippen molar-refractivity contribution in [1.29, 1.82) is 0 Å². The molecule has 2 aliphatic heterocycles. The van der Waals surface area contributed by atoms with Gasteiger partial charge in [0.2, 0.25) is 12.2 Å². The number of aliphatic hydroxyl groups is 1. The fourth-order valence-electron chi connectivity index (χ4n) is 3.31. The summed E-state index contributed by atoms with van der Waals surface area (Å²) in [7, 11) is 0. The maximum Gasteiger partial charge on any atom is 0.286 e. The average Bonchev–Trinajstić information content (AvgIpc) is 3.09. The minimum atomic E-state index is -0.488. The summed E-state index contributed by atoms with van der Waals surface area (Å²) in [6.45, 7) is 7.17. The molecule has 2 aliphatic rings. The third kappa shape index (κ3) is 7.41. The second-order valence-electron chi connectivity index (χ2n) is 7.52. The number of hydrogen-bond donors (Lipinski definition) is 2. The molecule has 0 saturated carbocycles. The molecule has 1 saturated heterocycles. The molecule has 0 aromatic rings. The lowest BCUT2D eigenvalue weighted by molar-refractivity contribution is -0.155. The predicted molar refractivity (Wildman–Crippen MR) is 103 cm³/mol. The molecule has 0 bridgehead atoms. The van der Waals surface area contributed by atoms with Gasteiger partial charge >= 0.3 is 0 Å². The van der Waals surface area contributed by atoms with E-state index in [0.29, 0.717) is 50.8 Å². The number of carbonyl (C=O) groups excluding carboxylic acids is 2. The molecule has 28 heavy (non-hydrogen) atoms. The third-order valence-corrected chi connectivity index (χ3v) is 5.00. The minimum absolute atomic E-state index is 0.0195. The zero-order valence-electron chi connectivity index (χ0n) is 17.0. The Morgan fingerprint density at radius 1 is 1.39 bits per heavy atom. The summed E-state index contributed by atoms with van der Waals surface area (Å²) in [5.41, 5.74) is 0. The number of allylic oxidation sites excluding steroid dienone is 1. The molecule has 8 heteroatoms. The fourth-order valence-corrected chi connectivity index (χ4v) is 3.31. The quantitative estimate of drug-likeness (QED) is 0.477. The van der Waals surface area contributed by atoms with Gasteiger partial charge in [-0.25, -0.2) is 0 Å². The van der Waals surface area contributed by atoms with E-state index in [4.69, 9.17) is 19.3 Å². The molecular weight excluding hydrogens is 364 g/mol. The standard InChI is InChI=1S/C20H34N2O6/c1-15(2)16-13-17(28-19(14-16)27-12-11-26-10-9-23)20(25)21-6-4-8-22-7-3-5-18(22)24/h13,15-16,19,23H,3-12,14H2,1-2H3,(H,21,25)/t16-,19+/m0/s1. The normalized spacial score (nSPS) is 22.4. The van der Waals surface area contributed by atoms with E-state index < -0.39 is 6.29 Å². The van der Waals surface area contributed by atoms with Crippen molar-refractivity contribution >= 4 is 11.8 Å². The molecule has 2 N–H and O–H groups in total. The lowest BCUT2D eigenvalue weighted by Gasteiger charge is -2.30. The molecule has 2 heterocycles. The molecule has 160 valence electrons. The summed E-state index contributed by atoms with van der Waals surface area (Å²) in [5, 5.41) is 11.6. The van der Waals surface area contributed by atoms with Gasteiger partial charge in [0.1, 0.15) is 0 Å². The van der Waals surface area contributed by atoms with Crippen molar-refractivity contribution in [3.63, 3.8) is 0 Å². The number of amides is 2.